The molecule has 3 rings (SSSR count). The highest BCUT2D eigenvalue weighted by Gasteiger charge is 2.28. The number of rotatable bonds is 5. The fourth-order valence-corrected chi connectivity index (χ4v) is 3.59. The van der Waals surface area contributed by atoms with Gasteiger partial charge in [0.05, 0.1) is 12.2 Å². The number of likely N-dealkylation sites (tertiary alicyclic amines) is 1. The zero-order valence-corrected chi connectivity index (χ0v) is 15.5. The minimum atomic E-state index is -0.150. The molecule has 1 aliphatic rings. The van der Waals surface area contributed by atoms with Crippen LogP contribution in [-0.2, 0) is 11.8 Å². The van der Waals surface area contributed by atoms with Gasteiger partial charge in [0, 0.05) is 37.0 Å². The second kappa shape index (κ2) is 7.39. The lowest BCUT2D eigenvalue weighted by atomic mass is 9.92. The summed E-state index contributed by atoms with van der Waals surface area (Å²) in [6.45, 7) is 7.93. The lowest BCUT2D eigenvalue weighted by molar-refractivity contribution is -0.121. The Kier molecular flexibility index (Phi) is 5.22. The van der Waals surface area contributed by atoms with Crippen LogP contribution in [0.1, 0.15) is 51.3 Å². The Labute approximate surface area is 149 Å². The van der Waals surface area contributed by atoms with Crippen LogP contribution in [0.3, 0.4) is 0 Å². The Bertz CT molecular complexity index is 711. The van der Waals surface area contributed by atoms with E-state index in [0.717, 1.165) is 31.7 Å². The molecule has 7 heteroatoms. The highest BCUT2D eigenvalue weighted by molar-refractivity contribution is 5.93. The van der Waals surface area contributed by atoms with Gasteiger partial charge >= 0.3 is 0 Å². The number of anilines is 1. The smallest absolute Gasteiger partial charge is 0.242 e. The van der Waals surface area contributed by atoms with E-state index in [1.165, 1.54) is 5.69 Å². The Morgan fingerprint density at radius 1 is 1.16 bits per heavy atom. The van der Waals surface area contributed by atoms with E-state index >= 15 is 0 Å². The standard InChI is InChI=1S/C18H28N6O/c1-13(2)24-17(6-10-20-24)21-18(25)14(3)23-11-7-15(8-12-23)16-5-9-19-22(16)4/h5-6,9-10,13-15H,7-8,11-12H2,1-4H3,(H,21,25)/t14-/m1/s1. The summed E-state index contributed by atoms with van der Waals surface area (Å²) in [6.07, 6.45) is 5.69. The maximum atomic E-state index is 12.6. The first kappa shape index (κ1) is 17.7. The van der Waals surface area contributed by atoms with Crippen molar-refractivity contribution in [2.24, 2.45) is 7.05 Å². The van der Waals surface area contributed by atoms with Gasteiger partial charge < -0.3 is 5.32 Å². The van der Waals surface area contributed by atoms with Gasteiger partial charge in [-0.3, -0.25) is 14.4 Å². The predicted molar refractivity (Wildman–Crippen MR) is 97.5 cm³/mol. The second-order valence-electron chi connectivity index (χ2n) is 7.11. The van der Waals surface area contributed by atoms with Crippen LogP contribution in [0.2, 0.25) is 0 Å². The van der Waals surface area contributed by atoms with Crippen LogP contribution in [0.15, 0.2) is 24.5 Å². The van der Waals surface area contributed by atoms with Crippen molar-refractivity contribution in [2.75, 3.05) is 18.4 Å². The molecule has 0 aliphatic carbocycles. The van der Waals surface area contributed by atoms with Crippen molar-refractivity contribution in [1.29, 1.82) is 0 Å². The van der Waals surface area contributed by atoms with Gasteiger partial charge in [0.25, 0.3) is 0 Å². The molecule has 1 aliphatic heterocycles. The van der Waals surface area contributed by atoms with Gasteiger partial charge in [-0.1, -0.05) is 0 Å². The van der Waals surface area contributed by atoms with Crippen LogP contribution in [-0.4, -0.2) is 49.5 Å². The molecule has 1 N–H and O–H groups in total. The number of nitrogens with zero attached hydrogens (tertiary/aromatic N) is 5. The Balaban J connectivity index is 1.57. The van der Waals surface area contributed by atoms with Crippen LogP contribution in [0.25, 0.3) is 0 Å². The molecule has 25 heavy (non-hydrogen) atoms. The van der Waals surface area contributed by atoms with Crippen molar-refractivity contribution < 1.29 is 4.79 Å². The SMILES string of the molecule is CC(C)n1nccc1NC(=O)[C@@H](C)N1CCC(c2ccnn2C)CC1. The normalized spacial score (nSPS) is 17.8. The number of carbonyl (C=O) groups excluding carboxylic acids is 1. The zero-order chi connectivity index (χ0) is 18.0. The number of hydrogen-bond acceptors (Lipinski definition) is 4. The minimum absolute atomic E-state index is 0.0291. The van der Waals surface area contributed by atoms with Crippen LogP contribution >= 0.6 is 0 Å². The van der Waals surface area contributed by atoms with E-state index in [2.05, 4.69) is 40.3 Å². The van der Waals surface area contributed by atoms with Gasteiger partial charge in [-0.25, -0.2) is 4.68 Å². The van der Waals surface area contributed by atoms with E-state index in [1.54, 1.807) is 6.20 Å². The van der Waals surface area contributed by atoms with Gasteiger partial charge in [-0.2, -0.15) is 10.2 Å². The summed E-state index contributed by atoms with van der Waals surface area (Å²) < 4.78 is 3.79. The lowest BCUT2D eigenvalue weighted by Crippen LogP contribution is -2.46. The Hall–Kier alpha value is -2.15. The molecule has 1 fully saturated rings. The fraction of sp³-hybridized carbons (Fsp3) is 0.611. The molecule has 0 aromatic carbocycles. The quantitative estimate of drug-likeness (QED) is 0.904. The summed E-state index contributed by atoms with van der Waals surface area (Å²) in [5.74, 6) is 1.32. The second-order valence-corrected chi connectivity index (χ2v) is 7.11. The third-order valence-electron chi connectivity index (χ3n) is 5.14. The number of piperidine rings is 1. The molecule has 7 nitrogen and oxygen atoms in total. The van der Waals surface area contributed by atoms with Crippen molar-refractivity contribution in [3.8, 4) is 0 Å². The molecule has 0 bridgehead atoms. The number of aromatic nitrogens is 4. The molecule has 136 valence electrons. The van der Waals surface area contributed by atoms with Gasteiger partial charge in [0.2, 0.25) is 5.91 Å². The molecule has 3 heterocycles. The first-order valence-electron chi connectivity index (χ1n) is 9.03. The maximum absolute atomic E-state index is 12.6. The van der Waals surface area contributed by atoms with Crippen molar-refractivity contribution in [3.05, 3.63) is 30.2 Å². The molecule has 1 saturated heterocycles. The van der Waals surface area contributed by atoms with E-state index in [9.17, 15) is 4.79 Å². The largest absolute Gasteiger partial charge is 0.310 e. The highest BCUT2D eigenvalue weighted by Crippen LogP contribution is 2.28. The van der Waals surface area contributed by atoms with E-state index in [-0.39, 0.29) is 18.0 Å². The van der Waals surface area contributed by atoms with Crippen LogP contribution in [0.4, 0.5) is 5.82 Å². The molecular formula is C18H28N6O. The van der Waals surface area contributed by atoms with Crippen molar-refractivity contribution in [3.63, 3.8) is 0 Å². The molecule has 0 radical (unpaired) electrons. The van der Waals surface area contributed by atoms with Crippen LogP contribution in [0, 0.1) is 0 Å². The number of aryl methyl sites for hydroxylation is 1. The molecule has 0 spiro atoms. The predicted octanol–water partition coefficient (Wildman–Crippen LogP) is 2.40. The Morgan fingerprint density at radius 2 is 1.84 bits per heavy atom. The average molecular weight is 344 g/mol. The number of nitrogens with one attached hydrogen (secondary N) is 1. The average Bonchev–Trinajstić information content (AvgIpc) is 3.23. The monoisotopic (exact) mass is 344 g/mol. The van der Waals surface area contributed by atoms with Gasteiger partial charge in [0.1, 0.15) is 5.82 Å². The van der Waals surface area contributed by atoms with Crippen molar-refractivity contribution in [2.45, 2.75) is 51.6 Å². The first-order chi connectivity index (χ1) is 12.0. The molecule has 1 amide bonds. The molecule has 2 aromatic heterocycles. The zero-order valence-electron chi connectivity index (χ0n) is 15.5. The number of carbonyl (C=O) groups is 1. The summed E-state index contributed by atoms with van der Waals surface area (Å²) in [4.78, 5) is 14.9. The molecule has 1 atom stereocenters. The van der Waals surface area contributed by atoms with E-state index in [0.29, 0.717) is 5.92 Å². The van der Waals surface area contributed by atoms with Crippen molar-refractivity contribution >= 4 is 11.7 Å². The summed E-state index contributed by atoms with van der Waals surface area (Å²) in [6, 6.07) is 4.02. The van der Waals surface area contributed by atoms with E-state index < -0.39 is 0 Å². The van der Waals surface area contributed by atoms with E-state index in [1.807, 2.05) is 35.6 Å². The van der Waals surface area contributed by atoms with Crippen LogP contribution < -0.4 is 5.32 Å². The Morgan fingerprint density at radius 3 is 2.44 bits per heavy atom. The van der Waals surface area contributed by atoms with Gasteiger partial charge in [0.15, 0.2) is 0 Å². The maximum Gasteiger partial charge on any atom is 0.242 e. The minimum Gasteiger partial charge on any atom is -0.310 e. The summed E-state index contributed by atoms with van der Waals surface area (Å²) in [7, 11) is 2.00. The first-order valence-corrected chi connectivity index (χ1v) is 9.03. The summed E-state index contributed by atoms with van der Waals surface area (Å²) in [5.41, 5.74) is 1.29. The van der Waals surface area contributed by atoms with Gasteiger partial charge in [-0.15, -0.1) is 0 Å². The molecule has 2 aromatic rings. The highest BCUT2D eigenvalue weighted by atomic mass is 16.2. The van der Waals surface area contributed by atoms with Gasteiger partial charge in [-0.05, 0) is 52.8 Å². The molecule has 0 unspecified atom stereocenters. The topological polar surface area (TPSA) is 68.0 Å². The third kappa shape index (κ3) is 3.76. The van der Waals surface area contributed by atoms with Crippen LogP contribution in [0.5, 0.6) is 0 Å². The molecule has 0 saturated carbocycles. The summed E-state index contributed by atoms with van der Waals surface area (Å²) >= 11 is 0. The number of amides is 1. The lowest BCUT2D eigenvalue weighted by Gasteiger charge is -2.35. The number of hydrogen-bond donors (Lipinski definition) is 1. The van der Waals surface area contributed by atoms with Crippen molar-refractivity contribution in [1.82, 2.24) is 24.5 Å². The molecular weight excluding hydrogens is 316 g/mol. The fourth-order valence-electron chi connectivity index (χ4n) is 3.59. The third-order valence-corrected chi connectivity index (χ3v) is 5.14. The summed E-state index contributed by atoms with van der Waals surface area (Å²) in [5, 5.41) is 11.6. The van der Waals surface area contributed by atoms with E-state index in [4.69, 9.17) is 0 Å².